The molecule has 2 aromatic rings. The minimum Gasteiger partial charge on any atom is -0.322 e. The van der Waals surface area contributed by atoms with Crippen molar-refractivity contribution in [3.8, 4) is 11.3 Å². The van der Waals surface area contributed by atoms with Crippen molar-refractivity contribution in [2.45, 2.75) is 52.0 Å². The molecular formula is C17H21BrN2. The highest BCUT2D eigenvalue weighted by atomic mass is 79.9. The van der Waals surface area contributed by atoms with Crippen LogP contribution >= 0.6 is 15.9 Å². The highest BCUT2D eigenvalue weighted by Crippen LogP contribution is 2.31. The molecule has 0 aliphatic carbocycles. The monoisotopic (exact) mass is 332 g/mol. The lowest BCUT2D eigenvalue weighted by atomic mass is 9.96. The first-order chi connectivity index (χ1) is 9.70. The Morgan fingerprint density at radius 1 is 1.25 bits per heavy atom. The molecule has 1 aliphatic rings. The summed E-state index contributed by atoms with van der Waals surface area (Å²) in [6.45, 7) is 5.61. The van der Waals surface area contributed by atoms with Gasteiger partial charge in [-0.05, 0) is 53.1 Å². The Kier molecular flexibility index (Phi) is 3.97. The Labute approximate surface area is 129 Å². The van der Waals surface area contributed by atoms with E-state index in [4.69, 9.17) is 4.98 Å². The van der Waals surface area contributed by atoms with Crippen LogP contribution in [-0.2, 0) is 13.0 Å². The number of hydrogen-bond acceptors (Lipinski definition) is 1. The molecule has 2 nitrogen and oxygen atoms in total. The van der Waals surface area contributed by atoms with Gasteiger partial charge in [0.15, 0.2) is 4.73 Å². The lowest BCUT2D eigenvalue weighted by Crippen LogP contribution is -2.10. The Balaban J connectivity index is 1.97. The molecule has 1 unspecified atom stereocenters. The molecule has 1 aliphatic heterocycles. The Morgan fingerprint density at radius 2 is 2.00 bits per heavy atom. The van der Waals surface area contributed by atoms with Crippen LogP contribution in [0.15, 0.2) is 29.0 Å². The number of aromatic nitrogens is 2. The molecule has 0 N–H and O–H groups in total. The van der Waals surface area contributed by atoms with Gasteiger partial charge in [0.25, 0.3) is 0 Å². The normalized spacial score (nSPS) is 15.9. The second kappa shape index (κ2) is 5.72. The smallest absolute Gasteiger partial charge is 0.177 e. The highest BCUT2D eigenvalue weighted by Gasteiger charge is 2.19. The van der Waals surface area contributed by atoms with Crippen LogP contribution in [0.5, 0.6) is 0 Å². The zero-order valence-corrected chi connectivity index (χ0v) is 13.8. The van der Waals surface area contributed by atoms with Crippen LogP contribution in [0, 0.1) is 0 Å². The summed E-state index contributed by atoms with van der Waals surface area (Å²) >= 11 is 3.60. The molecular weight excluding hydrogens is 312 g/mol. The third-order valence-corrected chi connectivity index (χ3v) is 5.04. The van der Waals surface area contributed by atoms with Crippen molar-refractivity contribution in [3.63, 3.8) is 0 Å². The first kappa shape index (κ1) is 13.9. The number of imidazole rings is 1. The Bertz CT molecular complexity index is 598. The summed E-state index contributed by atoms with van der Waals surface area (Å²) in [7, 11) is 0. The molecule has 0 spiro atoms. The van der Waals surface area contributed by atoms with Crippen LogP contribution in [0.4, 0.5) is 0 Å². The fourth-order valence-electron chi connectivity index (χ4n) is 2.94. The van der Waals surface area contributed by atoms with Gasteiger partial charge in [-0.15, -0.1) is 0 Å². The molecule has 0 radical (unpaired) electrons. The van der Waals surface area contributed by atoms with Gasteiger partial charge in [0.2, 0.25) is 0 Å². The average Bonchev–Trinajstić information content (AvgIpc) is 2.84. The summed E-state index contributed by atoms with van der Waals surface area (Å²) in [5.41, 5.74) is 5.21. The van der Waals surface area contributed by atoms with Crippen LogP contribution < -0.4 is 0 Å². The van der Waals surface area contributed by atoms with E-state index in [2.05, 4.69) is 58.6 Å². The van der Waals surface area contributed by atoms with Gasteiger partial charge in [-0.3, -0.25) is 0 Å². The van der Waals surface area contributed by atoms with Gasteiger partial charge < -0.3 is 4.57 Å². The summed E-state index contributed by atoms with van der Waals surface area (Å²) in [5.74, 6) is 0.631. The molecule has 1 aromatic carbocycles. The topological polar surface area (TPSA) is 17.8 Å². The maximum Gasteiger partial charge on any atom is 0.177 e. The van der Waals surface area contributed by atoms with E-state index in [9.17, 15) is 0 Å². The second-order valence-corrected chi connectivity index (χ2v) is 6.43. The van der Waals surface area contributed by atoms with Crippen LogP contribution in [-0.4, -0.2) is 9.55 Å². The number of nitrogens with zero attached hydrogens (tertiary/aromatic N) is 2. The van der Waals surface area contributed by atoms with Crippen molar-refractivity contribution < 1.29 is 0 Å². The molecule has 2 heterocycles. The van der Waals surface area contributed by atoms with Crippen molar-refractivity contribution in [2.24, 2.45) is 0 Å². The van der Waals surface area contributed by atoms with Gasteiger partial charge in [0, 0.05) is 17.8 Å². The lowest BCUT2D eigenvalue weighted by Gasteiger charge is -2.16. The fraction of sp³-hybridized carbons (Fsp3) is 0.471. The number of hydrogen-bond donors (Lipinski definition) is 0. The van der Waals surface area contributed by atoms with Gasteiger partial charge in [0.05, 0.1) is 5.69 Å². The molecule has 20 heavy (non-hydrogen) atoms. The molecule has 0 fully saturated rings. The number of halogens is 1. The molecule has 106 valence electrons. The van der Waals surface area contributed by atoms with E-state index < -0.39 is 0 Å². The van der Waals surface area contributed by atoms with E-state index in [1.165, 1.54) is 36.1 Å². The van der Waals surface area contributed by atoms with Gasteiger partial charge >= 0.3 is 0 Å². The summed E-state index contributed by atoms with van der Waals surface area (Å²) in [6, 6.07) is 8.97. The maximum atomic E-state index is 4.74. The van der Waals surface area contributed by atoms with Gasteiger partial charge in [0.1, 0.15) is 0 Å². The largest absolute Gasteiger partial charge is 0.322 e. The van der Waals surface area contributed by atoms with E-state index >= 15 is 0 Å². The molecule has 0 amide bonds. The summed E-state index contributed by atoms with van der Waals surface area (Å²) in [5, 5.41) is 0. The van der Waals surface area contributed by atoms with Crippen molar-refractivity contribution in [2.75, 3.05) is 0 Å². The quantitative estimate of drug-likeness (QED) is 0.758. The van der Waals surface area contributed by atoms with E-state index in [-0.39, 0.29) is 0 Å². The number of fused-ring (bicyclic) bond motifs is 1. The van der Waals surface area contributed by atoms with Crippen LogP contribution in [0.1, 0.15) is 50.3 Å². The van der Waals surface area contributed by atoms with Gasteiger partial charge in [-0.2, -0.15) is 0 Å². The predicted octanol–water partition coefficient (Wildman–Crippen LogP) is 5.16. The minimum absolute atomic E-state index is 0.631. The third kappa shape index (κ3) is 2.44. The van der Waals surface area contributed by atoms with Crippen molar-refractivity contribution in [3.05, 3.63) is 40.3 Å². The molecule has 1 aromatic heterocycles. The molecule has 0 saturated carbocycles. The van der Waals surface area contributed by atoms with Gasteiger partial charge in [-0.1, -0.05) is 38.1 Å². The predicted molar refractivity (Wildman–Crippen MR) is 87.0 cm³/mol. The Morgan fingerprint density at radius 3 is 2.70 bits per heavy atom. The third-order valence-electron chi connectivity index (χ3n) is 4.44. The fourth-order valence-corrected chi connectivity index (χ4v) is 3.50. The summed E-state index contributed by atoms with van der Waals surface area (Å²) in [4.78, 5) is 4.74. The highest BCUT2D eigenvalue weighted by molar-refractivity contribution is 9.10. The van der Waals surface area contributed by atoms with Crippen molar-refractivity contribution in [1.29, 1.82) is 0 Å². The van der Waals surface area contributed by atoms with Crippen LogP contribution in [0.25, 0.3) is 11.3 Å². The maximum absolute atomic E-state index is 4.74. The van der Waals surface area contributed by atoms with E-state index in [1.807, 2.05) is 0 Å². The van der Waals surface area contributed by atoms with Crippen molar-refractivity contribution in [1.82, 2.24) is 9.55 Å². The first-order valence-corrected chi connectivity index (χ1v) is 8.35. The molecule has 0 bridgehead atoms. The van der Waals surface area contributed by atoms with E-state index in [0.717, 1.165) is 23.4 Å². The summed E-state index contributed by atoms with van der Waals surface area (Å²) < 4.78 is 3.30. The minimum atomic E-state index is 0.631. The Hall–Kier alpha value is -1.09. The number of benzene rings is 1. The van der Waals surface area contributed by atoms with E-state index in [0.29, 0.717) is 5.92 Å². The SMILES string of the molecule is CCC(C)c1ccc(-c2nc(Br)n3c2CCCC3)cc1. The van der Waals surface area contributed by atoms with Gasteiger partial charge in [-0.25, -0.2) is 4.98 Å². The van der Waals surface area contributed by atoms with Crippen LogP contribution in [0.3, 0.4) is 0 Å². The molecule has 3 rings (SSSR count). The summed E-state index contributed by atoms with van der Waals surface area (Å²) in [6.07, 6.45) is 4.86. The average molecular weight is 333 g/mol. The zero-order valence-electron chi connectivity index (χ0n) is 12.2. The van der Waals surface area contributed by atoms with Crippen molar-refractivity contribution >= 4 is 15.9 Å². The molecule has 1 atom stereocenters. The standard InChI is InChI=1S/C17H21BrN2/c1-3-12(2)13-7-9-14(10-8-13)16-15-6-4-5-11-20(15)17(18)19-16/h7-10,12H,3-6,11H2,1-2H3. The number of rotatable bonds is 3. The van der Waals surface area contributed by atoms with Crippen LogP contribution in [0.2, 0.25) is 0 Å². The lowest BCUT2D eigenvalue weighted by molar-refractivity contribution is 0.525. The second-order valence-electron chi connectivity index (χ2n) is 5.72. The van der Waals surface area contributed by atoms with E-state index in [1.54, 1.807) is 0 Å². The molecule has 0 saturated heterocycles. The zero-order chi connectivity index (χ0) is 14.1. The first-order valence-electron chi connectivity index (χ1n) is 7.56. The molecule has 3 heteroatoms.